The molecule has 0 aromatic heterocycles. The standard InChI is InChI=1S/C11H19NO/c1-3-6-9(4-2)12-10-7-5-8-11(10)13/h1,9-13H,4-8H2,2H3/t9?,10-,11-/m1/s1. The summed E-state index contributed by atoms with van der Waals surface area (Å²) in [7, 11) is 0. The Morgan fingerprint density at radius 1 is 1.62 bits per heavy atom. The lowest BCUT2D eigenvalue weighted by molar-refractivity contribution is 0.142. The van der Waals surface area contributed by atoms with Crippen molar-refractivity contribution in [3.63, 3.8) is 0 Å². The molecule has 1 unspecified atom stereocenters. The molecule has 2 N–H and O–H groups in total. The fourth-order valence-electron chi connectivity index (χ4n) is 1.90. The molecule has 0 heterocycles. The van der Waals surface area contributed by atoms with E-state index in [0.29, 0.717) is 6.04 Å². The fraction of sp³-hybridized carbons (Fsp3) is 0.818. The molecule has 0 aromatic rings. The molecule has 3 atom stereocenters. The summed E-state index contributed by atoms with van der Waals surface area (Å²) < 4.78 is 0. The van der Waals surface area contributed by atoms with Gasteiger partial charge in [0.25, 0.3) is 0 Å². The van der Waals surface area contributed by atoms with E-state index in [2.05, 4.69) is 18.2 Å². The van der Waals surface area contributed by atoms with Crippen molar-refractivity contribution in [1.82, 2.24) is 5.32 Å². The van der Waals surface area contributed by atoms with Gasteiger partial charge in [-0.05, 0) is 25.7 Å². The van der Waals surface area contributed by atoms with Crippen LogP contribution in [0.5, 0.6) is 0 Å². The first-order valence-corrected chi connectivity index (χ1v) is 5.15. The van der Waals surface area contributed by atoms with Crippen LogP contribution in [0.3, 0.4) is 0 Å². The maximum atomic E-state index is 9.59. The first-order valence-electron chi connectivity index (χ1n) is 5.15. The molecule has 0 amide bonds. The molecule has 74 valence electrons. The molecule has 1 saturated carbocycles. The van der Waals surface area contributed by atoms with Crippen molar-refractivity contribution in [3.05, 3.63) is 0 Å². The lowest BCUT2D eigenvalue weighted by atomic mass is 10.1. The van der Waals surface area contributed by atoms with Crippen molar-refractivity contribution in [2.75, 3.05) is 0 Å². The third kappa shape index (κ3) is 3.02. The zero-order chi connectivity index (χ0) is 9.68. The zero-order valence-electron chi connectivity index (χ0n) is 8.29. The third-order valence-corrected chi connectivity index (χ3v) is 2.79. The number of aliphatic hydroxyl groups excluding tert-OH is 1. The predicted octanol–water partition coefficient (Wildman–Crippen LogP) is 1.29. The van der Waals surface area contributed by atoms with Gasteiger partial charge in [-0.15, -0.1) is 12.3 Å². The molecule has 0 radical (unpaired) electrons. The minimum atomic E-state index is -0.160. The lowest BCUT2D eigenvalue weighted by Gasteiger charge is -2.22. The summed E-state index contributed by atoms with van der Waals surface area (Å²) in [5.74, 6) is 2.66. The minimum Gasteiger partial charge on any atom is -0.392 e. The summed E-state index contributed by atoms with van der Waals surface area (Å²) in [6.45, 7) is 2.12. The number of nitrogens with one attached hydrogen (secondary N) is 1. The maximum absolute atomic E-state index is 9.59. The second-order valence-electron chi connectivity index (χ2n) is 3.78. The van der Waals surface area contributed by atoms with Crippen LogP contribution in [0.1, 0.15) is 39.0 Å². The first-order chi connectivity index (χ1) is 6.27. The molecule has 1 aliphatic rings. The fourth-order valence-corrected chi connectivity index (χ4v) is 1.90. The van der Waals surface area contributed by atoms with Gasteiger partial charge >= 0.3 is 0 Å². The summed E-state index contributed by atoms with van der Waals surface area (Å²) in [6, 6.07) is 0.654. The normalized spacial score (nSPS) is 29.9. The van der Waals surface area contributed by atoms with Crippen LogP contribution in [0.2, 0.25) is 0 Å². The average Bonchev–Trinajstić information content (AvgIpc) is 2.51. The van der Waals surface area contributed by atoms with Gasteiger partial charge in [-0.25, -0.2) is 0 Å². The van der Waals surface area contributed by atoms with E-state index >= 15 is 0 Å². The Morgan fingerprint density at radius 3 is 2.85 bits per heavy atom. The van der Waals surface area contributed by atoms with E-state index in [-0.39, 0.29) is 12.1 Å². The summed E-state index contributed by atoms with van der Waals surface area (Å²) >= 11 is 0. The smallest absolute Gasteiger partial charge is 0.0693 e. The zero-order valence-corrected chi connectivity index (χ0v) is 8.29. The van der Waals surface area contributed by atoms with Crippen molar-refractivity contribution in [2.45, 2.75) is 57.2 Å². The highest BCUT2D eigenvalue weighted by molar-refractivity contribution is 4.92. The maximum Gasteiger partial charge on any atom is 0.0693 e. The van der Waals surface area contributed by atoms with E-state index in [1.807, 2.05) is 0 Å². The van der Waals surface area contributed by atoms with Crippen LogP contribution in [-0.2, 0) is 0 Å². The molecule has 2 nitrogen and oxygen atoms in total. The van der Waals surface area contributed by atoms with Crippen LogP contribution in [0.15, 0.2) is 0 Å². The summed E-state index contributed by atoms with van der Waals surface area (Å²) in [4.78, 5) is 0. The number of aliphatic hydroxyl groups is 1. The van der Waals surface area contributed by atoms with Crippen molar-refractivity contribution in [2.24, 2.45) is 0 Å². The van der Waals surface area contributed by atoms with E-state index in [9.17, 15) is 5.11 Å². The first kappa shape index (κ1) is 10.6. The average molecular weight is 181 g/mol. The van der Waals surface area contributed by atoms with Gasteiger partial charge in [0.2, 0.25) is 0 Å². The van der Waals surface area contributed by atoms with E-state index in [1.165, 1.54) is 0 Å². The third-order valence-electron chi connectivity index (χ3n) is 2.79. The Bertz CT molecular complexity index is 185. The largest absolute Gasteiger partial charge is 0.392 e. The van der Waals surface area contributed by atoms with Gasteiger partial charge in [0.15, 0.2) is 0 Å². The second-order valence-corrected chi connectivity index (χ2v) is 3.78. The number of hydrogen-bond donors (Lipinski definition) is 2. The molecule has 13 heavy (non-hydrogen) atoms. The Kier molecular flexibility index (Phi) is 4.27. The van der Waals surface area contributed by atoms with Crippen LogP contribution >= 0.6 is 0 Å². The van der Waals surface area contributed by atoms with E-state index in [0.717, 1.165) is 32.1 Å². The number of hydrogen-bond acceptors (Lipinski definition) is 2. The summed E-state index contributed by atoms with van der Waals surface area (Å²) in [5.41, 5.74) is 0. The van der Waals surface area contributed by atoms with Crippen LogP contribution in [-0.4, -0.2) is 23.3 Å². The van der Waals surface area contributed by atoms with Crippen molar-refractivity contribution < 1.29 is 5.11 Å². The number of rotatable bonds is 4. The second kappa shape index (κ2) is 5.26. The lowest BCUT2D eigenvalue weighted by Crippen LogP contribution is -2.42. The summed E-state index contributed by atoms with van der Waals surface area (Å²) in [6.07, 6.45) is 10.1. The highest BCUT2D eigenvalue weighted by Crippen LogP contribution is 2.19. The van der Waals surface area contributed by atoms with Crippen molar-refractivity contribution >= 4 is 0 Å². The molecule has 1 aliphatic carbocycles. The van der Waals surface area contributed by atoms with Gasteiger partial charge in [-0.2, -0.15) is 0 Å². The summed E-state index contributed by atoms with van der Waals surface area (Å²) in [5, 5.41) is 13.0. The quantitative estimate of drug-likeness (QED) is 0.641. The van der Waals surface area contributed by atoms with Gasteiger partial charge in [-0.1, -0.05) is 6.92 Å². The molecule has 0 bridgehead atoms. The van der Waals surface area contributed by atoms with Gasteiger partial charge < -0.3 is 10.4 Å². The highest BCUT2D eigenvalue weighted by atomic mass is 16.3. The van der Waals surface area contributed by atoms with Gasteiger partial charge in [0, 0.05) is 18.5 Å². The SMILES string of the molecule is C#CCC(CC)N[C@@H]1CCC[C@H]1O. The Morgan fingerprint density at radius 2 is 2.38 bits per heavy atom. The monoisotopic (exact) mass is 181 g/mol. The topological polar surface area (TPSA) is 32.3 Å². The molecule has 1 fully saturated rings. The van der Waals surface area contributed by atoms with Crippen LogP contribution in [0, 0.1) is 12.3 Å². The Hall–Kier alpha value is -0.520. The van der Waals surface area contributed by atoms with E-state index in [4.69, 9.17) is 6.42 Å². The van der Waals surface area contributed by atoms with Crippen molar-refractivity contribution in [3.8, 4) is 12.3 Å². The molecular formula is C11H19NO. The molecule has 0 aliphatic heterocycles. The van der Waals surface area contributed by atoms with Gasteiger partial charge in [0.05, 0.1) is 6.10 Å². The van der Waals surface area contributed by atoms with E-state index < -0.39 is 0 Å². The molecule has 0 aromatic carbocycles. The van der Waals surface area contributed by atoms with Crippen molar-refractivity contribution in [1.29, 1.82) is 0 Å². The molecule has 0 saturated heterocycles. The predicted molar refractivity (Wildman–Crippen MR) is 54.3 cm³/mol. The minimum absolute atomic E-state index is 0.160. The molecular weight excluding hydrogens is 162 g/mol. The van der Waals surface area contributed by atoms with Gasteiger partial charge in [-0.3, -0.25) is 0 Å². The van der Waals surface area contributed by atoms with Gasteiger partial charge in [0.1, 0.15) is 0 Å². The molecule has 1 rings (SSSR count). The molecule has 0 spiro atoms. The Labute approximate surface area is 80.7 Å². The number of terminal acetylenes is 1. The van der Waals surface area contributed by atoms with E-state index in [1.54, 1.807) is 0 Å². The van der Waals surface area contributed by atoms with Crippen LogP contribution in [0.25, 0.3) is 0 Å². The van der Waals surface area contributed by atoms with Crippen LogP contribution < -0.4 is 5.32 Å². The van der Waals surface area contributed by atoms with Crippen LogP contribution in [0.4, 0.5) is 0 Å². The Balaban J connectivity index is 2.32. The highest BCUT2D eigenvalue weighted by Gasteiger charge is 2.26. The molecule has 2 heteroatoms.